The number of methoxy groups -OCH3 is 1. The second kappa shape index (κ2) is 6.21. The number of hydrogen-bond donors (Lipinski definition) is 2. The zero-order chi connectivity index (χ0) is 15.4. The van der Waals surface area contributed by atoms with Gasteiger partial charge in [-0.25, -0.2) is 9.97 Å². The highest BCUT2D eigenvalue weighted by atomic mass is 16.5. The number of rotatable bonds is 4. The van der Waals surface area contributed by atoms with Crippen LogP contribution in [0.15, 0.2) is 30.5 Å². The van der Waals surface area contributed by atoms with Crippen molar-refractivity contribution in [1.29, 1.82) is 0 Å². The molecular formula is C15H18N4O2. The first kappa shape index (κ1) is 14.8. The van der Waals surface area contributed by atoms with Crippen LogP contribution in [0.25, 0.3) is 0 Å². The average molecular weight is 286 g/mol. The number of carbonyl (C=O) groups excluding carboxylic acids is 1. The molecule has 110 valence electrons. The summed E-state index contributed by atoms with van der Waals surface area (Å²) >= 11 is 0. The van der Waals surface area contributed by atoms with Gasteiger partial charge in [0.25, 0.3) is 5.91 Å². The van der Waals surface area contributed by atoms with E-state index in [9.17, 15) is 4.79 Å². The van der Waals surface area contributed by atoms with E-state index in [4.69, 9.17) is 10.5 Å². The topological polar surface area (TPSA) is 90.1 Å². The van der Waals surface area contributed by atoms with Crippen molar-refractivity contribution in [3.8, 4) is 5.75 Å². The zero-order valence-corrected chi connectivity index (χ0v) is 12.3. The van der Waals surface area contributed by atoms with Crippen molar-refractivity contribution >= 4 is 17.3 Å². The van der Waals surface area contributed by atoms with Crippen molar-refractivity contribution in [3.05, 3.63) is 42.0 Å². The first-order valence-electron chi connectivity index (χ1n) is 6.59. The molecule has 0 saturated carbocycles. The van der Waals surface area contributed by atoms with E-state index in [0.717, 1.165) is 0 Å². The summed E-state index contributed by atoms with van der Waals surface area (Å²) in [5.41, 5.74) is 6.83. The lowest BCUT2D eigenvalue weighted by atomic mass is 10.2. The first-order chi connectivity index (χ1) is 10.0. The molecule has 0 spiro atoms. The summed E-state index contributed by atoms with van der Waals surface area (Å²) in [6, 6.07) is 7.07. The fraction of sp³-hybridized carbons (Fsp3) is 0.267. The Labute approximate surface area is 123 Å². The Kier molecular flexibility index (Phi) is 4.37. The van der Waals surface area contributed by atoms with E-state index >= 15 is 0 Å². The Balaban J connectivity index is 2.25. The third-order valence-corrected chi connectivity index (χ3v) is 2.89. The van der Waals surface area contributed by atoms with Crippen LogP contribution in [-0.2, 0) is 0 Å². The quantitative estimate of drug-likeness (QED) is 0.901. The molecule has 0 bridgehead atoms. The van der Waals surface area contributed by atoms with Gasteiger partial charge in [0.05, 0.1) is 19.0 Å². The van der Waals surface area contributed by atoms with E-state index < -0.39 is 0 Å². The third-order valence-electron chi connectivity index (χ3n) is 2.89. The molecule has 0 aliphatic heterocycles. The highest BCUT2D eigenvalue weighted by molar-refractivity contribution is 6.06. The first-order valence-corrected chi connectivity index (χ1v) is 6.59. The number of nitrogens with two attached hydrogens (primary N) is 1. The van der Waals surface area contributed by atoms with Crippen molar-refractivity contribution in [1.82, 2.24) is 9.97 Å². The minimum absolute atomic E-state index is 0.119. The van der Waals surface area contributed by atoms with Crippen molar-refractivity contribution in [2.45, 2.75) is 19.8 Å². The molecular weight excluding hydrogens is 268 g/mol. The highest BCUT2D eigenvalue weighted by Gasteiger charge is 2.15. The Morgan fingerprint density at radius 3 is 2.81 bits per heavy atom. The molecule has 1 heterocycles. The van der Waals surface area contributed by atoms with Crippen molar-refractivity contribution < 1.29 is 9.53 Å². The standard InChI is InChI=1S/C15H18N4O2/c1-9(2)14-17-8-12(16)13(19-14)15(20)18-10-5-4-6-11(7-10)21-3/h4-9H,16H2,1-3H3,(H,18,20). The molecule has 1 aromatic carbocycles. The number of carbonyl (C=O) groups is 1. The van der Waals surface area contributed by atoms with Crippen LogP contribution < -0.4 is 15.8 Å². The lowest BCUT2D eigenvalue weighted by Crippen LogP contribution is -2.18. The second-order valence-corrected chi connectivity index (χ2v) is 4.87. The second-order valence-electron chi connectivity index (χ2n) is 4.87. The van der Waals surface area contributed by atoms with Crippen LogP contribution in [0, 0.1) is 0 Å². The van der Waals surface area contributed by atoms with E-state index in [2.05, 4.69) is 15.3 Å². The maximum Gasteiger partial charge on any atom is 0.276 e. The zero-order valence-electron chi connectivity index (χ0n) is 12.3. The summed E-state index contributed by atoms with van der Waals surface area (Å²) < 4.78 is 5.11. The van der Waals surface area contributed by atoms with E-state index in [0.29, 0.717) is 17.3 Å². The molecule has 0 saturated heterocycles. The maximum absolute atomic E-state index is 12.3. The number of nitrogens with one attached hydrogen (secondary N) is 1. The Morgan fingerprint density at radius 2 is 2.14 bits per heavy atom. The van der Waals surface area contributed by atoms with Gasteiger partial charge in [-0.3, -0.25) is 4.79 Å². The van der Waals surface area contributed by atoms with Gasteiger partial charge in [0, 0.05) is 17.7 Å². The van der Waals surface area contributed by atoms with Gasteiger partial charge in [-0.2, -0.15) is 0 Å². The minimum atomic E-state index is -0.370. The molecule has 2 aromatic rings. The van der Waals surface area contributed by atoms with Gasteiger partial charge >= 0.3 is 0 Å². The van der Waals surface area contributed by atoms with Crippen LogP contribution in [0.4, 0.5) is 11.4 Å². The van der Waals surface area contributed by atoms with Crippen LogP contribution >= 0.6 is 0 Å². The molecule has 2 rings (SSSR count). The SMILES string of the molecule is COc1cccc(NC(=O)c2nc(C(C)C)ncc2N)c1. The van der Waals surface area contributed by atoms with Crippen LogP contribution in [-0.4, -0.2) is 23.0 Å². The lowest BCUT2D eigenvalue weighted by Gasteiger charge is -2.10. The van der Waals surface area contributed by atoms with Crippen LogP contribution in [0.2, 0.25) is 0 Å². The summed E-state index contributed by atoms with van der Waals surface area (Å²) in [7, 11) is 1.57. The fourth-order valence-corrected chi connectivity index (χ4v) is 1.76. The molecule has 0 fully saturated rings. The summed E-state index contributed by atoms with van der Waals surface area (Å²) in [6.45, 7) is 3.91. The average Bonchev–Trinajstić information content (AvgIpc) is 2.47. The molecule has 0 aliphatic carbocycles. The summed E-state index contributed by atoms with van der Waals surface area (Å²) in [5, 5.41) is 2.75. The van der Waals surface area contributed by atoms with E-state index in [1.807, 2.05) is 13.8 Å². The smallest absolute Gasteiger partial charge is 0.276 e. The molecule has 0 aliphatic rings. The predicted molar refractivity (Wildman–Crippen MR) is 81.5 cm³/mol. The number of nitrogens with zero attached hydrogens (tertiary/aromatic N) is 2. The minimum Gasteiger partial charge on any atom is -0.497 e. The molecule has 0 unspecified atom stereocenters. The lowest BCUT2D eigenvalue weighted by molar-refractivity contribution is 0.102. The third kappa shape index (κ3) is 3.47. The molecule has 6 heteroatoms. The summed E-state index contributed by atoms with van der Waals surface area (Å²) in [6.07, 6.45) is 1.46. The number of benzene rings is 1. The predicted octanol–water partition coefficient (Wildman–Crippen LogP) is 2.44. The Hall–Kier alpha value is -2.63. The maximum atomic E-state index is 12.3. The van der Waals surface area contributed by atoms with Gasteiger partial charge in [0.2, 0.25) is 0 Å². The molecule has 1 aromatic heterocycles. The van der Waals surface area contributed by atoms with Crippen LogP contribution in [0.5, 0.6) is 5.75 Å². The number of hydrogen-bond acceptors (Lipinski definition) is 5. The number of aromatic nitrogens is 2. The van der Waals surface area contributed by atoms with Crippen molar-refractivity contribution in [3.63, 3.8) is 0 Å². The number of nitrogen functional groups attached to an aromatic ring is 1. The molecule has 1 amide bonds. The number of ether oxygens (including phenoxy) is 1. The highest BCUT2D eigenvalue weighted by Crippen LogP contribution is 2.19. The monoisotopic (exact) mass is 286 g/mol. The van der Waals surface area contributed by atoms with E-state index in [-0.39, 0.29) is 23.2 Å². The van der Waals surface area contributed by atoms with Gasteiger partial charge < -0.3 is 15.8 Å². The van der Waals surface area contributed by atoms with Crippen LogP contribution in [0.3, 0.4) is 0 Å². The Bertz CT molecular complexity index is 656. The molecule has 0 radical (unpaired) electrons. The van der Waals surface area contributed by atoms with Crippen LogP contribution in [0.1, 0.15) is 36.1 Å². The van der Waals surface area contributed by atoms with Crippen molar-refractivity contribution in [2.24, 2.45) is 0 Å². The summed E-state index contributed by atoms with van der Waals surface area (Å²) in [5.74, 6) is 0.991. The van der Waals surface area contributed by atoms with Gasteiger partial charge in [0.1, 0.15) is 11.6 Å². The molecule has 0 atom stereocenters. The van der Waals surface area contributed by atoms with Gasteiger partial charge in [-0.15, -0.1) is 0 Å². The van der Waals surface area contributed by atoms with E-state index in [1.165, 1.54) is 6.20 Å². The van der Waals surface area contributed by atoms with Gasteiger partial charge in [-0.05, 0) is 12.1 Å². The van der Waals surface area contributed by atoms with E-state index in [1.54, 1.807) is 31.4 Å². The summed E-state index contributed by atoms with van der Waals surface area (Å²) in [4.78, 5) is 20.6. The number of anilines is 2. The van der Waals surface area contributed by atoms with Gasteiger partial charge in [0.15, 0.2) is 5.69 Å². The van der Waals surface area contributed by atoms with Crippen molar-refractivity contribution in [2.75, 3.05) is 18.2 Å². The number of amides is 1. The molecule has 6 nitrogen and oxygen atoms in total. The molecule has 3 N–H and O–H groups in total. The Morgan fingerprint density at radius 1 is 1.38 bits per heavy atom. The fourth-order valence-electron chi connectivity index (χ4n) is 1.76. The largest absolute Gasteiger partial charge is 0.497 e. The normalized spacial score (nSPS) is 10.5. The molecule has 21 heavy (non-hydrogen) atoms. The van der Waals surface area contributed by atoms with Gasteiger partial charge in [-0.1, -0.05) is 19.9 Å².